The van der Waals surface area contributed by atoms with Gasteiger partial charge in [0.25, 0.3) is 5.91 Å². The van der Waals surface area contributed by atoms with E-state index in [4.69, 9.17) is 0 Å². The van der Waals surface area contributed by atoms with Crippen molar-refractivity contribution in [3.63, 3.8) is 0 Å². The van der Waals surface area contributed by atoms with Crippen LogP contribution in [0.25, 0.3) is 0 Å². The smallest absolute Gasteiger partial charge is 0.255 e. The van der Waals surface area contributed by atoms with Gasteiger partial charge in [0, 0.05) is 24.0 Å². The number of aryl methyl sites for hydroxylation is 2. The highest BCUT2D eigenvalue weighted by Crippen LogP contribution is 2.35. The number of amides is 2. The third-order valence-electron chi connectivity index (χ3n) is 5.22. The van der Waals surface area contributed by atoms with E-state index >= 15 is 0 Å². The molecule has 2 heterocycles. The van der Waals surface area contributed by atoms with Crippen molar-refractivity contribution in [3.05, 3.63) is 76.8 Å². The molecule has 1 aromatic heterocycles. The molecular weight excluding hydrogens is 392 g/mol. The van der Waals surface area contributed by atoms with Gasteiger partial charge in [0.1, 0.15) is 12.4 Å². The lowest BCUT2D eigenvalue weighted by atomic mass is 9.94. The molecule has 3 N–H and O–H groups in total. The molecule has 1 aliphatic heterocycles. The first-order valence-electron chi connectivity index (χ1n) is 9.97. The second-order valence-corrected chi connectivity index (χ2v) is 7.67. The average molecular weight is 416 g/mol. The number of carbonyl (C=O) groups is 2. The Bertz CT molecular complexity index is 1190. The lowest BCUT2D eigenvalue weighted by Crippen LogP contribution is -2.31. The summed E-state index contributed by atoms with van der Waals surface area (Å²) in [6, 6.07) is 12.8. The average Bonchev–Trinajstić information content (AvgIpc) is 3.17. The van der Waals surface area contributed by atoms with Crippen LogP contribution < -0.4 is 16.0 Å². The van der Waals surface area contributed by atoms with Crippen molar-refractivity contribution in [2.45, 2.75) is 33.7 Å². The number of nitrogens with zero attached hydrogens (tertiary/aromatic N) is 3. The second-order valence-electron chi connectivity index (χ2n) is 7.67. The van der Waals surface area contributed by atoms with Gasteiger partial charge < -0.3 is 16.0 Å². The molecule has 8 heteroatoms. The van der Waals surface area contributed by atoms with Crippen LogP contribution in [-0.4, -0.2) is 26.6 Å². The first-order valence-corrected chi connectivity index (χ1v) is 9.97. The first-order chi connectivity index (χ1) is 14.8. The lowest BCUT2D eigenvalue weighted by molar-refractivity contribution is -0.114. The van der Waals surface area contributed by atoms with E-state index in [1.165, 1.54) is 13.3 Å². The Morgan fingerprint density at radius 2 is 1.77 bits per heavy atom. The minimum Gasteiger partial charge on any atom is -0.328 e. The molecule has 1 atom stereocenters. The van der Waals surface area contributed by atoms with Gasteiger partial charge in [0.05, 0.1) is 5.57 Å². The van der Waals surface area contributed by atoms with Gasteiger partial charge in [-0.05, 0) is 50.1 Å². The molecule has 0 spiro atoms. The fraction of sp³-hybridized carbons (Fsp3) is 0.217. The Kier molecular flexibility index (Phi) is 5.29. The van der Waals surface area contributed by atoms with E-state index < -0.39 is 6.04 Å². The summed E-state index contributed by atoms with van der Waals surface area (Å²) >= 11 is 0. The predicted octanol–water partition coefficient (Wildman–Crippen LogP) is 3.78. The van der Waals surface area contributed by atoms with E-state index in [0.29, 0.717) is 22.9 Å². The van der Waals surface area contributed by atoms with Gasteiger partial charge in [0.2, 0.25) is 11.9 Å². The molecule has 0 saturated heterocycles. The zero-order valence-electron chi connectivity index (χ0n) is 17.9. The van der Waals surface area contributed by atoms with Crippen LogP contribution >= 0.6 is 0 Å². The Morgan fingerprint density at radius 3 is 2.45 bits per heavy atom. The van der Waals surface area contributed by atoms with Gasteiger partial charge in [-0.15, -0.1) is 0 Å². The van der Waals surface area contributed by atoms with Crippen LogP contribution in [-0.2, 0) is 9.59 Å². The minimum atomic E-state index is -0.462. The minimum absolute atomic E-state index is 0.141. The van der Waals surface area contributed by atoms with E-state index in [1.807, 2.05) is 63.2 Å². The molecule has 2 aromatic carbocycles. The maximum Gasteiger partial charge on any atom is 0.255 e. The van der Waals surface area contributed by atoms with Crippen molar-refractivity contribution >= 4 is 29.1 Å². The molecule has 1 aliphatic rings. The topological polar surface area (TPSA) is 101 Å². The number of allylic oxidation sites excluding steroid dienone is 1. The van der Waals surface area contributed by atoms with Crippen LogP contribution in [0.5, 0.6) is 0 Å². The standard InChI is InChI=1S/C23H24N6O2/c1-13-5-10-19(14(2)11-13)28-22(31)20-15(3)26-23-24-12-25-29(23)21(20)17-6-8-18(9-7-17)27-16(4)30/h5-12,21H,1-4H3,(H,27,30)(H,28,31)(H,24,25,26). The van der Waals surface area contributed by atoms with E-state index in [9.17, 15) is 9.59 Å². The van der Waals surface area contributed by atoms with Crippen LogP contribution in [0, 0.1) is 13.8 Å². The quantitative estimate of drug-likeness (QED) is 0.601. The van der Waals surface area contributed by atoms with E-state index in [-0.39, 0.29) is 11.8 Å². The molecule has 3 aromatic rings. The zero-order chi connectivity index (χ0) is 22.1. The number of hydrogen-bond donors (Lipinski definition) is 3. The van der Waals surface area contributed by atoms with Gasteiger partial charge in [-0.1, -0.05) is 29.8 Å². The SMILES string of the molecule is CC(=O)Nc1ccc(C2C(C(=O)Nc3ccc(C)cc3C)=C(C)Nc3ncnn32)cc1. The van der Waals surface area contributed by atoms with Crippen LogP contribution in [0.15, 0.2) is 60.1 Å². The maximum absolute atomic E-state index is 13.4. The van der Waals surface area contributed by atoms with Crippen molar-refractivity contribution < 1.29 is 9.59 Å². The molecule has 0 radical (unpaired) electrons. The number of hydrogen-bond acceptors (Lipinski definition) is 5. The van der Waals surface area contributed by atoms with Crippen molar-refractivity contribution in [1.82, 2.24) is 14.8 Å². The number of benzene rings is 2. The molecule has 0 saturated carbocycles. The molecule has 158 valence electrons. The summed E-state index contributed by atoms with van der Waals surface area (Å²) in [6.07, 6.45) is 1.46. The number of nitrogens with one attached hydrogen (secondary N) is 3. The summed E-state index contributed by atoms with van der Waals surface area (Å²) in [5.74, 6) is 0.211. The molecular formula is C23H24N6O2. The van der Waals surface area contributed by atoms with Crippen LogP contribution in [0.2, 0.25) is 0 Å². The van der Waals surface area contributed by atoms with E-state index in [0.717, 1.165) is 22.4 Å². The zero-order valence-corrected chi connectivity index (χ0v) is 17.9. The Hall–Kier alpha value is -3.94. The fourth-order valence-corrected chi connectivity index (χ4v) is 3.79. The Balaban J connectivity index is 1.72. The van der Waals surface area contributed by atoms with Gasteiger partial charge in [-0.3, -0.25) is 9.59 Å². The van der Waals surface area contributed by atoms with Crippen LogP contribution in [0.3, 0.4) is 0 Å². The normalized spacial score (nSPS) is 15.2. The van der Waals surface area contributed by atoms with E-state index in [2.05, 4.69) is 26.0 Å². The predicted molar refractivity (Wildman–Crippen MR) is 120 cm³/mol. The van der Waals surface area contributed by atoms with Crippen LogP contribution in [0.4, 0.5) is 17.3 Å². The largest absolute Gasteiger partial charge is 0.328 e. The fourth-order valence-electron chi connectivity index (χ4n) is 3.79. The number of carbonyl (C=O) groups excluding carboxylic acids is 2. The second kappa shape index (κ2) is 8.06. The number of aromatic nitrogens is 3. The monoisotopic (exact) mass is 416 g/mol. The van der Waals surface area contributed by atoms with Crippen molar-refractivity contribution in [2.24, 2.45) is 0 Å². The van der Waals surface area contributed by atoms with Gasteiger partial charge in [-0.25, -0.2) is 4.68 Å². The summed E-state index contributed by atoms with van der Waals surface area (Å²) in [6.45, 7) is 7.30. The highest BCUT2D eigenvalue weighted by atomic mass is 16.2. The molecule has 8 nitrogen and oxygen atoms in total. The molecule has 31 heavy (non-hydrogen) atoms. The summed E-state index contributed by atoms with van der Waals surface area (Å²) in [7, 11) is 0. The Morgan fingerprint density at radius 1 is 1.03 bits per heavy atom. The molecule has 0 aliphatic carbocycles. The third-order valence-corrected chi connectivity index (χ3v) is 5.22. The maximum atomic E-state index is 13.4. The molecule has 0 bridgehead atoms. The third kappa shape index (κ3) is 4.05. The summed E-state index contributed by atoms with van der Waals surface area (Å²) in [5, 5.41) is 13.3. The molecule has 1 unspecified atom stereocenters. The summed E-state index contributed by atoms with van der Waals surface area (Å²) in [4.78, 5) is 29.0. The number of anilines is 3. The summed E-state index contributed by atoms with van der Waals surface area (Å²) < 4.78 is 1.69. The van der Waals surface area contributed by atoms with Crippen molar-refractivity contribution in [3.8, 4) is 0 Å². The highest BCUT2D eigenvalue weighted by Gasteiger charge is 2.33. The van der Waals surface area contributed by atoms with Gasteiger partial charge >= 0.3 is 0 Å². The number of rotatable bonds is 4. The van der Waals surface area contributed by atoms with Crippen LogP contribution in [0.1, 0.15) is 36.6 Å². The molecule has 4 rings (SSSR count). The lowest BCUT2D eigenvalue weighted by Gasteiger charge is -2.29. The first kappa shape index (κ1) is 20.3. The molecule has 2 amide bonds. The molecule has 0 fully saturated rings. The van der Waals surface area contributed by atoms with Gasteiger partial charge in [-0.2, -0.15) is 10.1 Å². The Labute approximate surface area is 180 Å². The summed E-state index contributed by atoms with van der Waals surface area (Å²) in [5.41, 5.74) is 5.69. The number of fused-ring (bicyclic) bond motifs is 1. The van der Waals surface area contributed by atoms with E-state index in [1.54, 1.807) is 4.68 Å². The van der Waals surface area contributed by atoms with Crippen molar-refractivity contribution in [2.75, 3.05) is 16.0 Å². The van der Waals surface area contributed by atoms with Crippen molar-refractivity contribution in [1.29, 1.82) is 0 Å². The van der Waals surface area contributed by atoms with Gasteiger partial charge in [0.15, 0.2) is 0 Å². The highest BCUT2D eigenvalue weighted by molar-refractivity contribution is 6.06.